The lowest BCUT2D eigenvalue weighted by Crippen LogP contribution is -2.12. The van der Waals surface area contributed by atoms with Crippen LogP contribution in [0.15, 0.2) is 82.7 Å². The minimum Gasteiger partial charge on any atom is -0.253 e. The third kappa shape index (κ3) is 3.75. The fourth-order valence-corrected chi connectivity index (χ4v) is 3.03. The Morgan fingerprint density at radius 1 is 1.12 bits per heavy atom. The van der Waals surface area contributed by atoms with Gasteiger partial charge in [0, 0.05) is 10.9 Å². The maximum atomic E-state index is 13.3. The zero-order valence-electron chi connectivity index (χ0n) is 13.0. The first-order chi connectivity index (χ1) is 11.8. The molecule has 24 heavy (non-hydrogen) atoms. The molecule has 0 spiro atoms. The second-order valence-electron chi connectivity index (χ2n) is 5.01. The normalized spacial score (nSPS) is 12.0. The lowest BCUT2D eigenvalue weighted by molar-refractivity contribution is 0.627. The van der Waals surface area contributed by atoms with Crippen molar-refractivity contribution in [2.75, 3.05) is 6.54 Å². The molecule has 0 aliphatic carbocycles. The summed E-state index contributed by atoms with van der Waals surface area (Å²) in [5.41, 5.74) is 2.68. The number of benzene rings is 2. The van der Waals surface area contributed by atoms with Crippen molar-refractivity contribution in [3.63, 3.8) is 0 Å². The first kappa shape index (κ1) is 16.1. The van der Waals surface area contributed by atoms with Gasteiger partial charge < -0.3 is 0 Å². The fourth-order valence-electron chi connectivity index (χ4n) is 2.18. The Hall–Kier alpha value is -2.79. The summed E-state index contributed by atoms with van der Waals surface area (Å²) in [4.78, 5) is 5.24. The highest BCUT2D eigenvalue weighted by molar-refractivity contribution is 7.07. The average molecular weight is 337 g/mol. The molecule has 1 heterocycles. The maximum absolute atomic E-state index is 13.3. The van der Waals surface area contributed by atoms with Crippen LogP contribution < -0.4 is 4.80 Å². The van der Waals surface area contributed by atoms with Gasteiger partial charge in [0.1, 0.15) is 5.82 Å². The smallest absolute Gasteiger partial charge is 0.206 e. The van der Waals surface area contributed by atoms with Crippen molar-refractivity contribution in [1.82, 2.24) is 4.68 Å². The highest BCUT2D eigenvalue weighted by atomic mass is 32.1. The molecule has 0 radical (unpaired) electrons. The second-order valence-corrected chi connectivity index (χ2v) is 5.85. The van der Waals surface area contributed by atoms with E-state index in [2.05, 4.69) is 16.7 Å². The molecule has 3 aromatic rings. The number of aromatic nitrogens is 1. The fraction of sp³-hybridized carbons (Fsp3) is 0.0526. The van der Waals surface area contributed by atoms with E-state index in [1.807, 2.05) is 41.8 Å². The van der Waals surface area contributed by atoms with E-state index < -0.39 is 0 Å². The molecule has 3 nitrogen and oxygen atoms in total. The summed E-state index contributed by atoms with van der Waals surface area (Å²) in [5, 5.41) is 6.53. The number of rotatable bonds is 5. The van der Waals surface area contributed by atoms with Crippen LogP contribution in [0.25, 0.3) is 11.3 Å². The molecule has 0 unspecified atom stereocenters. The Morgan fingerprint density at radius 3 is 2.71 bits per heavy atom. The lowest BCUT2D eigenvalue weighted by atomic mass is 10.2. The molecule has 0 aliphatic heterocycles. The van der Waals surface area contributed by atoms with Crippen molar-refractivity contribution >= 4 is 17.6 Å². The van der Waals surface area contributed by atoms with Crippen LogP contribution in [0.4, 0.5) is 4.39 Å². The van der Waals surface area contributed by atoms with Gasteiger partial charge in [-0.2, -0.15) is 5.10 Å². The van der Waals surface area contributed by atoms with Gasteiger partial charge in [0.25, 0.3) is 0 Å². The molecule has 3 rings (SSSR count). The molecular formula is C19H16FN3S. The van der Waals surface area contributed by atoms with E-state index in [1.165, 1.54) is 23.5 Å². The summed E-state index contributed by atoms with van der Waals surface area (Å²) in [7, 11) is 0. The highest BCUT2D eigenvalue weighted by Crippen LogP contribution is 2.19. The minimum absolute atomic E-state index is 0.283. The van der Waals surface area contributed by atoms with E-state index in [0.29, 0.717) is 12.1 Å². The van der Waals surface area contributed by atoms with Crippen molar-refractivity contribution in [2.24, 2.45) is 10.1 Å². The Bertz CT molecular complexity index is 923. The van der Waals surface area contributed by atoms with Crippen LogP contribution >= 0.6 is 11.3 Å². The van der Waals surface area contributed by atoms with Crippen LogP contribution in [-0.2, 0) is 0 Å². The standard InChI is InChI=1S/C19H16FN3S/c1-2-11-21-19-23(22-13-15-7-6-10-17(20)12-15)18(14-24-19)16-8-4-3-5-9-16/h2-10,12-14H,1,11H2. The molecule has 0 aliphatic rings. The van der Waals surface area contributed by atoms with Gasteiger partial charge in [0.05, 0.1) is 18.5 Å². The molecule has 5 heteroatoms. The Labute approximate surface area is 143 Å². The number of hydrogen-bond donors (Lipinski definition) is 0. The zero-order valence-corrected chi connectivity index (χ0v) is 13.8. The summed E-state index contributed by atoms with van der Waals surface area (Å²) in [6.07, 6.45) is 3.37. The van der Waals surface area contributed by atoms with Gasteiger partial charge in [-0.3, -0.25) is 4.99 Å². The molecule has 0 atom stereocenters. The van der Waals surface area contributed by atoms with Crippen LogP contribution in [0.1, 0.15) is 5.56 Å². The van der Waals surface area contributed by atoms with E-state index >= 15 is 0 Å². The van der Waals surface area contributed by atoms with Crippen LogP contribution in [0.3, 0.4) is 0 Å². The molecule has 2 aromatic carbocycles. The molecule has 0 bridgehead atoms. The van der Waals surface area contributed by atoms with Crippen molar-refractivity contribution in [1.29, 1.82) is 0 Å². The van der Waals surface area contributed by atoms with Crippen LogP contribution in [0.5, 0.6) is 0 Å². The third-order valence-corrected chi connectivity index (χ3v) is 4.14. The van der Waals surface area contributed by atoms with Gasteiger partial charge in [-0.1, -0.05) is 48.5 Å². The summed E-state index contributed by atoms with van der Waals surface area (Å²) in [6, 6.07) is 16.3. The summed E-state index contributed by atoms with van der Waals surface area (Å²) in [5.74, 6) is -0.283. The van der Waals surface area contributed by atoms with Gasteiger partial charge >= 0.3 is 0 Å². The van der Waals surface area contributed by atoms with Crippen molar-refractivity contribution < 1.29 is 4.39 Å². The van der Waals surface area contributed by atoms with Crippen LogP contribution in [0.2, 0.25) is 0 Å². The second kappa shape index (κ2) is 7.66. The first-order valence-electron chi connectivity index (χ1n) is 7.45. The number of nitrogens with zero attached hydrogens (tertiary/aromatic N) is 3. The van der Waals surface area contributed by atoms with Gasteiger partial charge in [-0.15, -0.1) is 17.9 Å². The molecule has 1 aromatic heterocycles. The van der Waals surface area contributed by atoms with E-state index in [0.717, 1.165) is 16.1 Å². The molecule has 120 valence electrons. The number of hydrogen-bond acceptors (Lipinski definition) is 3. The van der Waals surface area contributed by atoms with E-state index in [4.69, 9.17) is 0 Å². The van der Waals surface area contributed by atoms with E-state index in [1.54, 1.807) is 23.0 Å². The van der Waals surface area contributed by atoms with E-state index in [9.17, 15) is 4.39 Å². The topological polar surface area (TPSA) is 29.6 Å². The number of thiazole rings is 1. The summed E-state index contributed by atoms with van der Waals surface area (Å²) >= 11 is 1.51. The quantitative estimate of drug-likeness (QED) is 0.490. The van der Waals surface area contributed by atoms with Crippen molar-refractivity contribution in [3.8, 4) is 11.3 Å². The van der Waals surface area contributed by atoms with Gasteiger partial charge in [-0.05, 0) is 17.7 Å². The van der Waals surface area contributed by atoms with Crippen LogP contribution in [-0.4, -0.2) is 17.4 Å². The number of halogens is 1. The Balaban J connectivity index is 2.06. The predicted molar refractivity (Wildman–Crippen MR) is 97.8 cm³/mol. The van der Waals surface area contributed by atoms with Gasteiger partial charge in [-0.25, -0.2) is 9.07 Å². The Morgan fingerprint density at radius 2 is 1.96 bits per heavy atom. The summed E-state index contributed by atoms with van der Waals surface area (Å²) in [6.45, 7) is 4.21. The lowest BCUT2D eigenvalue weighted by Gasteiger charge is -2.03. The molecule has 0 N–H and O–H groups in total. The first-order valence-corrected chi connectivity index (χ1v) is 8.33. The van der Waals surface area contributed by atoms with Crippen molar-refractivity contribution in [3.05, 3.63) is 88.8 Å². The average Bonchev–Trinajstić information content (AvgIpc) is 3.02. The third-order valence-electron chi connectivity index (χ3n) is 3.28. The SMILES string of the molecule is C=CCN=c1scc(-c2ccccc2)n1N=Cc1cccc(F)c1. The Kier molecular flexibility index (Phi) is 5.13. The minimum atomic E-state index is -0.283. The van der Waals surface area contributed by atoms with Gasteiger partial charge in [0.2, 0.25) is 4.80 Å². The van der Waals surface area contributed by atoms with Crippen LogP contribution in [0, 0.1) is 5.82 Å². The van der Waals surface area contributed by atoms with E-state index in [-0.39, 0.29) is 5.82 Å². The zero-order chi connectivity index (χ0) is 16.8. The predicted octanol–water partition coefficient (Wildman–Crippen LogP) is 4.32. The van der Waals surface area contributed by atoms with Crippen molar-refractivity contribution in [2.45, 2.75) is 0 Å². The maximum Gasteiger partial charge on any atom is 0.206 e. The van der Waals surface area contributed by atoms with Gasteiger partial charge in [0.15, 0.2) is 0 Å². The molecular weight excluding hydrogens is 321 g/mol. The molecule has 0 saturated carbocycles. The summed E-state index contributed by atoms with van der Waals surface area (Å²) < 4.78 is 15.1. The molecule has 0 saturated heterocycles. The molecule has 0 amide bonds. The molecule has 0 fully saturated rings. The monoisotopic (exact) mass is 337 g/mol. The highest BCUT2D eigenvalue weighted by Gasteiger charge is 2.06. The largest absolute Gasteiger partial charge is 0.253 e.